The van der Waals surface area contributed by atoms with E-state index in [1.165, 1.54) is 11.3 Å². The number of piperazine rings is 1. The number of hydrogen-bond donors (Lipinski definition) is 1. The largest absolute Gasteiger partial charge is 0.392 e. The molecule has 2 aromatic rings. The Morgan fingerprint density at radius 3 is 2.79 bits per heavy atom. The highest BCUT2D eigenvalue weighted by molar-refractivity contribution is 7.13. The Morgan fingerprint density at radius 1 is 1.33 bits per heavy atom. The van der Waals surface area contributed by atoms with Crippen molar-refractivity contribution in [3.8, 4) is 10.7 Å². The summed E-state index contributed by atoms with van der Waals surface area (Å²) >= 11 is 1.48. The van der Waals surface area contributed by atoms with Gasteiger partial charge in [0.1, 0.15) is 10.7 Å². The zero-order valence-electron chi connectivity index (χ0n) is 13.6. The quantitative estimate of drug-likeness (QED) is 0.856. The Balaban J connectivity index is 1.54. The molecule has 1 fully saturated rings. The minimum Gasteiger partial charge on any atom is -0.392 e. The van der Waals surface area contributed by atoms with Crippen LogP contribution in [0.4, 0.5) is 0 Å². The maximum atomic E-state index is 12.4. The lowest BCUT2D eigenvalue weighted by molar-refractivity contribution is -0.132. The fourth-order valence-electron chi connectivity index (χ4n) is 2.74. The van der Waals surface area contributed by atoms with Gasteiger partial charge in [-0.3, -0.25) is 19.7 Å². The molecular weight excluding hydrogens is 326 g/mol. The standard InChI is InChI=1S/C16H21N5O2S/c1-12(22)10-20-4-6-21(7-5-20)15(23)8-13-11-24-16(19-13)14-9-17-2-3-18-14/h2-3,9,11-12,22H,4-8,10H2,1H3. The molecule has 128 valence electrons. The molecule has 1 saturated heterocycles. The highest BCUT2D eigenvalue weighted by Crippen LogP contribution is 2.21. The smallest absolute Gasteiger partial charge is 0.228 e. The Bertz CT molecular complexity index is 668. The predicted octanol–water partition coefficient (Wildman–Crippen LogP) is 0.668. The molecule has 7 nitrogen and oxygen atoms in total. The molecule has 1 amide bonds. The topological polar surface area (TPSA) is 82.5 Å². The van der Waals surface area contributed by atoms with Crippen molar-refractivity contribution in [3.05, 3.63) is 29.7 Å². The number of rotatable bonds is 5. The number of hydrogen-bond acceptors (Lipinski definition) is 7. The first-order valence-electron chi connectivity index (χ1n) is 8.01. The summed E-state index contributed by atoms with van der Waals surface area (Å²) < 4.78 is 0. The van der Waals surface area contributed by atoms with Gasteiger partial charge in [-0.2, -0.15) is 0 Å². The summed E-state index contributed by atoms with van der Waals surface area (Å²) in [6.07, 6.45) is 4.91. The van der Waals surface area contributed by atoms with Gasteiger partial charge in [0.25, 0.3) is 0 Å². The van der Waals surface area contributed by atoms with Crippen LogP contribution in [0.1, 0.15) is 12.6 Å². The summed E-state index contributed by atoms with van der Waals surface area (Å²) in [6, 6.07) is 0. The van der Waals surface area contributed by atoms with Crippen molar-refractivity contribution < 1.29 is 9.90 Å². The number of aliphatic hydroxyl groups excluding tert-OH is 1. The number of aromatic nitrogens is 3. The Kier molecular flexibility index (Phi) is 5.49. The van der Waals surface area contributed by atoms with Crippen molar-refractivity contribution in [3.63, 3.8) is 0 Å². The van der Waals surface area contributed by atoms with E-state index in [4.69, 9.17) is 0 Å². The van der Waals surface area contributed by atoms with Crippen LogP contribution in [0.5, 0.6) is 0 Å². The van der Waals surface area contributed by atoms with Gasteiger partial charge in [0, 0.05) is 50.5 Å². The van der Waals surface area contributed by atoms with Crippen molar-refractivity contribution in [1.82, 2.24) is 24.8 Å². The van der Waals surface area contributed by atoms with Gasteiger partial charge in [0.2, 0.25) is 5.91 Å². The summed E-state index contributed by atoms with van der Waals surface area (Å²) in [6.45, 7) is 5.46. The number of nitrogens with zero attached hydrogens (tertiary/aromatic N) is 5. The van der Waals surface area contributed by atoms with Crippen molar-refractivity contribution >= 4 is 17.2 Å². The van der Waals surface area contributed by atoms with Gasteiger partial charge in [0.05, 0.1) is 24.4 Å². The predicted molar refractivity (Wildman–Crippen MR) is 91.5 cm³/mol. The molecular formula is C16H21N5O2S. The third-order valence-electron chi connectivity index (χ3n) is 3.91. The van der Waals surface area contributed by atoms with Gasteiger partial charge in [-0.25, -0.2) is 4.98 Å². The number of carbonyl (C=O) groups is 1. The maximum absolute atomic E-state index is 12.4. The summed E-state index contributed by atoms with van der Waals surface area (Å²) in [7, 11) is 0. The van der Waals surface area contributed by atoms with Crippen molar-refractivity contribution in [2.75, 3.05) is 32.7 Å². The van der Waals surface area contributed by atoms with E-state index in [-0.39, 0.29) is 12.0 Å². The SMILES string of the molecule is CC(O)CN1CCN(C(=O)Cc2csc(-c3cnccn3)n2)CC1. The number of carbonyl (C=O) groups excluding carboxylic acids is 1. The van der Waals surface area contributed by atoms with Crippen LogP contribution in [0.25, 0.3) is 10.7 Å². The molecule has 0 saturated carbocycles. The summed E-state index contributed by atoms with van der Waals surface area (Å²) in [4.78, 5) is 29.3. The van der Waals surface area contributed by atoms with Crippen LogP contribution in [0, 0.1) is 0 Å². The van der Waals surface area contributed by atoms with Crippen molar-refractivity contribution in [2.24, 2.45) is 0 Å². The zero-order valence-corrected chi connectivity index (χ0v) is 14.4. The van der Waals surface area contributed by atoms with E-state index < -0.39 is 0 Å². The third-order valence-corrected chi connectivity index (χ3v) is 4.83. The van der Waals surface area contributed by atoms with Crippen LogP contribution in [-0.4, -0.2) is 74.6 Å². The van der Waals surface area contributed by atoms with Crippen LogP contribution < -0.4 is 0 Å². The van der Waals surface area contributed by atoms with Crippen LogP contribution >= 0.6 is 11.3 Å². The molecule has 1 unspecified atom stereocenters. The Hall–Kier alpha value is -1.90. The Morgan fingerprint density at radius 2 is 2.12 bits per heavy atom. The van der Waals surface area contributed by atoms with Gasteiger partial charge in [-0.15, -0.1) is 11.3 Å². The van der Waals surface area contributed by atoms with Gasteiger partial charge in [-0.05, 0) is 6.92 Å². The molecule has 3 rings (SSSR count). The monoisotopic (exact) mass is 347 g/mol. The molecule has 0 aromatic carbocycles. The minimum atomic E-state index is -0.332. The second-order valence-electron chi connectivity index (χ2n) is 5.94. The molecule has 0 bridgehead atoms. The lowest BCUT2D eigenvalue weighted by atomic mass is 10.2. The first kappa shape index (κ1) is 16.9. The second-order valence-corrected chi connectivity index (χ2v) is 6.80. The lowest BCUT2D eigenvalue weighted by Crippen LogP contribution is -2.50. The van der Waals surface area contributed by atoms with Crippen LogP contribution in [0.15, 0.2) is 24.0 Å². The fraction of sp³-hybridized carbons (Fsp3) is 0.500. The number of amides is 1. The Labute approximate surface area is 145 Å². The fourth-order valence-corrected chi connectivity index (χ4v) is 3.52. The van der Waals surface area contributed by atoms with Crippen LogP contribution in [-0.2, 0) is 11.2 Å². The second kappa shape index (κ2) is 7.78. The number of thiazole rings is 1. The molecule has 0 aliphatic carbocycles. The van der Waals surface area contributed by atoms with E-state index in [2.05, 4.69) is 19.9 Å². The third kappa shape index (κ3) is 4.34. The summed E-state index contributed by atoms with van der Waals surface area (Å²) in [5.41, 5.74) is 1.50. The summed E-state index contributed by atoms with van der Waals surface area (Å²) in [5.74, 6) is 0.0997. The van der Waals surface area contributed by atoms with Crippen LogP contribution in [0.2, 0.25) is 0 Å². The van der Waals surface area contributed by atoms with Gasteiger partial charge in [0.15, 0.2) is 0 Å². The van der Waals surface area contributed by atoms with E-state index in [1.54, 1.807) is 25.5 Å². The number of β-amino-alcohol motifs (C(OH)–C–C–N with tert-alkyl or cyclic N) is 1. The highest BCUT2D eigenvalue weighted by atomic mass is 32.1. The highest BCUT2D eigenvalue weighted by Gasteiger charge is 2.22. The molecule has 0 radical (unpaired) electrons. The molecule has 1 atom stereocenters. The summed E-state index contributed by atoms with van der Waals surface area (Å²) in [5, 5.41) is 12.1. The average Bonchev–Trinajstić information content (AvgIpc) is 3.04. The van der Waals surface area contributed by atoms with Crippen molar-refractivity contribution in [1.29, 1.82) is 0 Å². The molecule has 0 spiro atoms. The molecule has 1 aliphatic heterocycles. The van der Waals surface area contributed by atoms with E-state index in [9.17, 15) is 9.90 Å². The van der Waals surface area contributed by atoms with E-state index in [1.807, 2.05) is 10.3 Å². The van der Waals surface area contributed by atoms with E-state index in [0.717, 1.165) is 29.5 Å². The van der Waals surface area contributed by atoms with Gasteiger partial charge >= 0.3 is 0 Å². The lowest BCUT2D eigenvalue weighted by Gasteiger charge is -2.35. The molecule has 8 heteroatoms. The molecule has 1 aliphatic rings. The molecule has 2 aromatic heterocycles. The first-order chi connectivity index (χ1) is 11.6. The zero-order chi connectivity index (χ0) is 16.9. The van der Waals surface area contributed by atoms with Gasteiger partial charge in [-0.1, -0.05) is 0 Å². The van der Waals surface area contributed by atoms with Crippen molar-refractivity contribution in [2.45, 2.75) is 19.4 Å². The first-order valence-corrected chi connectivity index (χ1v) is 8.89. The molecule has 3 heterocycles. The number of aliphatic hydroxyl groups is 1. The maximum Gasteiger partial charge on any atom is 0.228 e. The molecule has 24 heavy (non-hydrogen) atoms. The van der Waals surface area contributed by atoms with Crippen LogP contribution in [0.3, 0.4) is 0 Å². The van der Waals surface area contributed by atoms with Gasteiger partial charge < -0.3 is 10.0 Å². The van der Waals surface area contributed by atoms with E-state index >= 15 is 0 Å². The van der Waals surface area contributed by atoms with E-state index in [0.29, 0.717) is 26.1 Å². The average molecular weight is 347 g/mol. The minimum absolute atomic E-state index is 0.0997. The normalized spacial score (nSPS) is 17.0. The molecule has 1 N–H and O–H groups in total.